The van der Waals surface area contributed by atoms with E-state index < -0.39 is 0 Å². The number of methoxy groups -OCH3 is 1. The van der Waals surface area contributed by atoms with Crippen molar-refractivity contribution >= 4 is 5.91 Å². The van der Waals surface area contributed by atoms with Gasteiger partial charge in [-0.25, -0.2) is 9.67 Å². The lowest BCUT2D eigenvalue weighted by molar-refractivity contribution is 0.0945. The van der Waals surface area contributed by atoms with Crippen LogP contribution >= 0.6 is 0 Å². The molecule has 2 aromatic rings. The molecule has 1 amide bonds. The summed E-state index contributed by atoms with van der Waals surface area (Å²) in [7, 11) is 1.55. The zero-order valence-electron chi connectivity index (χ0n) is 11.6. The lowest BCUT2D eigenvalue weighted by Gasteiger charge is -2.26. The van der Waals surface area contributed by atoms with Crippen LogP contribution in [0, 0.1) is 0 Å². The Hall–Kier alpha value is -2.48. The van der Waals surface area contributed by atoms with Crippen LogP contribution in [0.2, 0.25) is 0 Å². The highest BCUT2D eigenvalue weighted by Gasteiger charge is 2.21. The number of rotatable bonds is 5. The molecule has 0 aliphatic carbocycles. The summed E-state index contributed by atoms with van der Waals surface area (Å²) in [6, 6.07) is 3.89. The van der Waals surface area contributed by atoms with Crippen LogP contribution in [0.1, 0.15) is 22.1 Å². The highest BCUT2D eigenvalue weighted by molar-refractivity contribution is 5.91. The molecule has 0 radical (unpaired) electrons. The fraction of sp³-hybridized carbons (Fsp3) is 0.385. The molecule has 3 heterocycles. The number of pyridine rings is 1. The van der Waals surface area contributed by atoms with E-state index in [2.05, 4.69) is 25.9 Å². The molecule has 0 unspecified atom stereocenters. The Labute approximate surface area is 121 Å². The molecule has 1 aliphatic rings. The van der Waals surface area contributed by atoms with E-state index in [-0.39, 0.29) is 5.91 Å². The summed E-state index contributed by atoms with van der Waals surface area (Å²) in [4.78, 5) is 16.0. The van der Waals surface area contributed by atoms with Gasteiger partial charge in [0.15, 0.2) is 5.69 Å². The number of hydrogen-bond donors (Lipinski definition) is 2. The largest absolute Gasteiger partial charge is 0.481 e. The summed E-state index contributed by atoms with van der Waals surface area (Å²) in [6.07, 6.45) is 3.31. The second kappa shape index (κ2) is 5.88. The standard InChI is InChI=1S/C13H16N6O2/c1-21-12-4-9(2-3-15-12)5-16-13(20)11-8-19(18-17-11)10-6-14-7-10/h2-4,8,10,14H,5-7H2,1H3,(H,16,20). The minimum absolute atomic E-state index is 0.246. The zero-order valence-corrected chi connectivity index (χ0v) is 11.6. The maximum atomic E-state index is 12.0. The molecular formula is C13H16N6O2. The van der Waals surface area contributed by atoms with Crippen molar-refractivity contribution in [2.75, 3.05) is 20.2 Å². The SMILES string of the molecule is COc1cc(CNC(=O)c2cn(C3CNC3)nn2)ccn1. The summed E-state index contributed by atoms with van der Waals surface area (Å²) in [6.45, 7) is 2.11. The summed E-state index contributed by atoms with van der Waals surface area (Å²) < 4.78 is 6.76. The van der Waals surface area contributed by atoms with E-state index >= 15 is 0 Å². The van der Waals surface area contributed by atoms with Gasteiger partial charge in [0.1, 0.15) is 0 Å². The van der Waals surface area contributed by atoms with Gasteiger partial charge in [-0.15, -0.1) is 5.10 Å². The Morgan fingerprint density at radius 1 is 1.57 bits per heavy atom. The Kier molecular flexibility index (Phi) is 3.78. The van der Waals surface area contributed by atoms with Crippen LogP contribution in [-0.2, 0) is 6.54 Å². The normalized spacial score (nSPS) is 14.5. The number of ether oxygens (including phenoxy) is 1. The first-order chi connectivity index (χ1) is 10.3. The monoisotopic (exact) mass is 288 g/mol. The molecule has 0 atom stereocenters. The van der Waals surface area contributed by atoms with E-state index in [9.17, 15) is 4.79 Å². The van der Waals surface area contributed by atoms with Crippen molar-refractivity contribution in [1.29, 1.82) is 0 Å². The molecule has 0 aromatic carbocycles. The molecule has 1 aliphatic heterocycles. The molecule has 8 heteroatoms. The smallest absolute Gasteiger partial charge is 0.273 e. The van der Waals surface area contributed by atoms with Crippen molar-refractivity contribution in [3.05, 3.63) is 35.8 Å². The second-order valence-corrected chi connectivity index (χ2v) is 4.78. The van der Waals surface area contributed by atoms with Gasteiger partial charge in [-0.05, 0) is 11.6 Å². The number of nitrogens with zero attached hydrogens (tertiary/aromatic N) is 4. The maximum Gasteiger partial charge on any atom is 0.273 e. The third-order valence-electron chi connectivity index (χ3n) is 3.34. The van der Waals surface area contributed by atoms with E-state index in [1.54, 1.807) is 30.3 Å². The second-order valence-electron chi connectivity index (χ2n) is 4.78. The quantitative estimate of drug-likeness (QED) is 0.788. The van der Waals surface area contributed by atoms with Crippen LogP contribution < -0.4 is 15.4 Å². The van der Waals surface area contributed by atoms with Crippen LogP contribution in [0.5, 0.6) is 5.88 Å². The van der Waals surface area contributed by atoms with E-state index in [4.69, 9.17) is 4.74 Å². The Bertz CT molecular complexity index is 637. The number of aromatic nitrogens is 4. The molecule has 110 valence electrons. The Balaban J connectivity index is 1.59. The predicted octanol–water partition coefficient (Wildman–Crippen LogP) is -0.244. The van der Waals surface area contributed by atoms with Crippen LogP contribution in [0.4, 0.5) is 0 Å². The number of carbonyl (C=O) groups excluding carboxylic acids is 1. The lowest BCUT2D eigenvalue weighted by atomic mass is 10.2. The van der Waals surface area contributed by atoms with Crippen LogP contribution in [0.3, 0.4) is 0 Å². The molecule has 2 aromatic heterocycles. The molecular weight excluding hydrogens is 272 g/mol. The first-order valence-electron chi connectivity index (χ1n) is 6.66. The molecule has 0 saturated carbocycles. The first-order valence-corrected chi connectivity index (χ1v) is 6.66. The Morgan fingerprint density at radius 2 is 2.43 bits per heavy atom. The summed E-state index contributed by atoms with van der Waals surface area (Å²) >= 11 is 0. The van der Waals surface area contributed by atoms with Gasteiger partial charge in [-0.3, -0.25) is 4.79 Å². The van der Waals surface area contributed by atoms with Gasteiger partial charge in [-0.1, -0.05) is 5.21 Å². The van der Waals surface area contributed by atoms with Crippen molar-refractivity contribution in [1.82, 2.24) is 30.6 Å². The summed E-state index contributed by atoms with van der Waals surface area (Å²) in [5.74, 6) is 0.273. The van der Waals surface area contributed by atoms with Gasteiger partial charge in [0.05, 0.1) is 19.3 Å². The average molecular weight is 288 g/mol. The molecule has 2 N–H and O–H groups in total. The fourth-order valence-corrected chi connectivity index (χ4v) is 1.96. The third kappa shape index (κ3) is 3.00. The predicted molar refractivity (Wildman–Crippen MR) is 73.9 cm³/mol. The highest BCUT2D eigenvalue weighted by atomic mass is 16.5. The van der Waals surface area contributed by atoms with E-state index in [1.165, 1.54) is 0 Å². The summed E-state index contributed by atoms with van der Waals surface area (Å²) in [5, 5.41) is 13.8. The lowest BCUT2D eigenvalue weighted by Crippen LogP contribution is -2.43. The van der Waals surface area contributed by atoms with Crippen LogP contribution in [-0.4, -0.2) is 46.1 Å². The third-order valence-corrected chi connectivity index (χ3v) is 3.34. The summed E-state index contributed by atoms with van der Waals surface area (Å²) in [5.41, 5.74) is 1.23. The van der Waals surface area contributed by atoms with Crippen LogP contribution in [0.25, 0.3) is 0 Å². The highest BCUT2D eigenvalue weighted by Crippen LogP contribution is 2.10. The van der Waals surface area contributed by atoms with E-state index in [0.29, 0.717) is 24.2 Å². The number of nitrogens with one attached hydrogen (secondary N) is 2. The molecule has 0 bridgehead atoms. The number of amides is 1. The molecule has 3 rings (SSSR count). The van der Waals surface area contributed by atoms with Crippen molar-refractivity contribution in [3.63, 3.8) is 0 Å². The van der Waals surface area contributed by atoms with Crippen molar-refractivity contribution < 1.29 is 9.53 Å². The van der Waals surface area contributed by atoms with Gasteiger partial charge in [0, 0.05) is 31.9 Å². The maximum absolute atomic E-state index is 12.0. The minimum atomic E-state index is -0.246. The average Bonchev–Trinajstić information content (AvgIpc) is 2.92. The molecule has 21 heavy (non-hydrogen) atoms. The molecule has 1 saturated heterocycles. The van der Waals surface area contributed by atoms with Crippen molar-refractivity contribution in [3.8, 4) is 5.88 Å². The van der Waals surface area contributed by atoms with Crippen LogP contribution in [0.15, 0.2) is 24.5 Å². The van der Waals surface area contributed by atoms with Crippen molar-refractivity contribution in [2.45, 2.75) is 12.6 Å². The van der Waals surface area contributed by atoms with E-state index in [1.807, 2.05) is 6.07 Å². The van der Waals surface area contributed by atoms with Crippen molar-refractivity contribution in [2.24, 2.45) is 0 Å². The molecule has 1 fully saturated rings. The molecule has 0 spiro atoms. The first kappa shape index (κ1) is 13.5. The van der Waals surface area contributed by atoms with Gasteiger partial charge in [0.2, 0.25) is 5.88 Å². The fourth-order valence-electron chi connectivity index (χ4n) is 1.96. The van der Waals surface area contributed by atoms with Gasteiger partial charge in [-0.2, -0.15) is 0 Å². The minimum Gasteiger partial charge on any atom is -0.481 e. The number of carbonyl (C=O) groups is 1. The van der Waals surface area contributed by atoms with Gasteiger partial charge in [0.25, 0.3) is 5.91 Å². The van der Waals surface area contributed by atoms with E-state index in [0.717, 1.165) is 18.7 Å². The zero-order chi connectivity index (χ0) is 14.7. The van der Waals surface area contributed by atoms with Gasteiger partial charge >= 0.3 is 0 Å². The molecule has 8 nitrogen and oxygen atoms in total. The number of hydrogen-bond acceptors (Lipinski definition) is 6. The van der Waals surface area contributed by atoms with Gasteiger partial charge < -0.3 is 15.4 Å². The topological polar surface area (TPSA) is 94.0 Å². The Morgan fingerprint density at radius 3 is 3.14 bits per heavy atom.